The molecule has 2 rings (SSSR count). The van der Waals surface area contributed by atoms with Gasteiger partial charge in [0.25, 0.3) is 0 Å². The molecular formula is C14H16FNO3. The molecule has 2 N–H and O–H groups in total. The lowest BCUT2D eigenvalue weighted by Crippen LogP contribution is -2.37. The van der Waals surface area contributed by atoms with Gasteiger partial charge in [0.15, 0.2) is 6.04 Å². The highest BCUT2D eigenvalue weighted by Gasteiger charge is 2.29. The second-order valence-corrected chi connectivity index (χ2v) is 4.78. The third kappa shape index (κ3) is 3.10. The van der Waals surface area contributed by atoms with Gasteiger partial charge in [-0.25, -0.2) is 9.18 Å². The van der Waals surface area contributed by atoms with E-state index in [0.29, 0.717) is 0 Å². The van der Waals surface area contributed by atoms with Gasteiger partial charge < -0.3 is 10.4 Å². The van der Waals surface area contributed by atoms with Gasteiger partial charge in [-0.1, -0.05) is 31.0 Å². The number of halogens is 1. The van der Waals surface area contributed by atoms with Gasteiger partial charge in [-0.15, -0.1) is 0 Å². The Kier molecular flexibility index (Phi) is 4.14. The predicted octanol–water partition coefficient (Wildman–Crippen LogP) is 2.26. The number of benzene rings is 1. The van der Waals surface area contributed by atoms with Crippen molar-refractivity contribution < 1.29 is 19.1 Å². The number of aliphatic carboxylic acids is 1. The lowest BCUT2D eigenvalue weighted by molar-refractivity contribution is -0.142. The molecule has 4 nitrogen and oxygen atoms in total. The van der Waals surface area contributed by atoms with Crippen LogP contribution in [0.3, 0.4) is 0 Å². The summed E-state index contributed by atoms with van der Waals surface area (Å²) in [6.45, 7) is 0. The largest absolute Gasteiger partial charge is 0.479 e. The van der Waals surface area contributed by atoms with E-state index >= 15 is 0 Å². The van der Waals surface area contributed by atoms with Gasteiger partial charge in [-0.3, -0.25) is 4.79 Å². The normalized spacial score (nSPS) is 17.1. The van der Waals surface area contributed by atoms with E-state index in [2.05, 4.69) is 5.32 Å². The van der Waals surface area contributed by atoms with Gasteiger partial charge in [-0.05, 0) is 18.9 Å². The molecule has 0 aromatic heterocycles. The minimum absolute atomic E-state index is 0.0126. The molecule has 102 valence electrons. The Morgan fingerprint density at radius 1 is 1.26 bits per heavy atom. The summed E-state index contributed by atoms with van der Waals surface area (Å²) >= 11 is 0. The van der Waals surface area contributed by atoms with Gasteiger partial charge in [0.1, 0.15) is 5.82 Å². The average Bonchev–Trinajstić information content (AvgIpc) is 2.90. The highest BCUT2D eigenvalue weighted by Crippen LogP contribution is 2.26. The molecule has 1 atom stereocenters. The van der Waals surface area contributed by atoms with Crippen LogP contribution in [0.25, 0.3) is 0 Å². The number of carboxylic acid groups (broad SMARTS) is 1. The quantitative estimate of drug-likeness (QED) is 0.877. The van der Waals surface area contributed by atoms with Crippen LogP contribution in [0.1, 0.15) is 37.3 Å². The van der Waals surface area contributed by atoms with Crippen LogP contribution in [0.5, 0.6) is 0 Å². The molecule has 0 spiro atoms. The van der Waals surface area contributed by atoms with E-state index in [4.69, 9.17) is 5.11 Å². The summed E-state index contributed by atoms with van der Waals surface area (Å²) in [5, 5.41) is 11.6. The molecule has 1 amide bonds. The number of carbonyl (C=O) groups excluding carboxylic acids is 1. The Labute approximate surface area is 110 Å². The van der Waals surface area contributed by atoms with Crippen LogP contribution in [-0.2, 0) is 9.59 Å². The lowest BCUT2D eigenvalue weighted by atomic mass is 10.0. The fourth-order valence-corrected chi connectivity index (χ4v) is 2.43. The standard InChI is InChI=1S/C14H16FNO3/c15-11-8-4-3-7-10(11)12(14(18)19)16-13(17)9-5-1-2-6-9/h3-4,7-9,12H,1-2,5-6H2,(H,16,17)(H,18,19). The van der Waals surface area contributed by atoms with Crippen molar-refractivity contribution in [3.05, 3.63) is 35.6 Å². The van der Waals surface area contributed by atoms with E-state index in [1.807, 2.05) is 0 Å². The third-order valence-electron chi connectivity index (χ3n) is 3.48. The molecule has 0 radical (unpaired) electrons. The smallest absolute Gasteiger partial charge is 0.331 e. The fourth-order valence-electron chi connectivity index (χ4n) is 2.43. The van der Waals surface area contributed by atoms with Crippen molar-refractivity contribution in [2.45, 2.75) is 31.7 Å². The average molecular weight is 265 g/mol. The van der Waals surface area contributed by atoms with E-state index in [9.17, 15) is 14.0 Å². The molecule has 1 saturated carbocycles. The summed E-state index contributed by atoms with van der Waals surface area (Å²) in [5.41, 5.74) is -0.0126. The maximum absolute atomic E-state index is 13.6. The van der Waals surface area contributed by atoms with Crippen molar-refractivity contribution in [2.75, 3.05) is 0 Å². The number of carbonyl (C=O) groups is 2. The minimum Gasteiger partial charge on any atom is -0.479 e. The highest BCUT2D eigenvalue weighted by atomic mass is 19.1. The zero-order valence-electron chi connectivity index (χ0n) is 10.4. The van der Waals surface area contributed by atoms with E-state index in [-0.39, 0.29) is 17.4 Å². The van der Waals surface area contributed by atoms with Crippen molar-refractivity contribution in [3.8, 4) is 0 Å². The lowest BCUT2D eigenvalue weighted by Gasteiger charge is -2.18. The first-order valence-electron chi connectivity index (χ1n) is 6.37. The number of rotatable bonds is 4. The van der Waals surface area contributed by atoms with Crippen molar-refractivity contribution in [1.29, 1.82) is 0 Å². The SMILES string of the molecule is O=C(NC(C(=O)O)c1ccccc1F)C1CCCC1. The molecular weight excluding hydrogens is 249 g/mol. The minimum atomic E-state index is -1.32. The first kappa shape index (κ1) is 13.5. The van der Waals surface area contributed by atoms with Gasteiger partial charge in [0.05, 0.1) is 0 Å². The third-order valence-corrected chi connectivity index (χ3v) is 3.48. The summed E-state index contributed by atoms with van der Waals surface area (Å²) in [4.78, 5) is 23.2. The summed E-state index contributed by atoms with van der Waals surface area (Å²) < 4.78 is 13.6. The summed E-state index contributed by atoms with van der Waals surface area (Å²) in [6, 6.07) is 4.28. The van der Waals surface area contributed by atoms with E-state index < -0.39 is 17.8 Å². The van der Waals surface area contributed by atoms with E-state index in [0.717, 1.165) is 25.7 Å². The second kappa shape index (κ2) is 5.82. The molecule has 0 bridgehead atoms. The Morgan fingerprint density at radius 3 is 2.47 bits per heavy atom. The van der Waals surface area contributed by atoms with Gasteiger partial charge in [-0.2, -0.15) is 0 Å². The Bertz CT molecular complexity index is 483. The van der Waals surface area contributed by atoms with Gasteiger partial charge >= 0.3 is 5.97 Å². The summed E-state index contributed by atoms with van der Waals surface area (Å²) in [6.07, 6.45) is 3.51. The number of hydrogen-bond acceptors (Lipinski definition) is 2. The Hall–Kier alpha value is -1.91. The van der Waals surface area contributed by atoms with Crippen LogP contribution in [0, 0.1) is 11.7 Å². The maximum Gasteiger partial charge on any atom is 0.331 e. The first-order valence-corrected chi connectivity index (χ1v) is 6.37. The van der Waals surface area contributed by atoms with Crippen LogP contribution in [0.4, 0.5) is 4.39 Å². The molecule has 1 fully saturated rings. The molecule has 0 aliphatic heterocycles. The number of carboxylic acids is 1. The summed E-state index contributed by atoms with van der Waals surface area (Å²) in [7, 11) is 0. The van der Waals surface area contributed by atoms with Crippen LogP contribution in [-0.4, -0.2) is 17.0 Å². The van der Waals surface area contributed by atoms with Crippen LogP contribution < -0.4 is 5.32 Å². The van der Waals surface area contributed by atoms with Crippen LogP contribution >= 0.6 is 0 Å². The molecule has 0 saturated heterocycles. The number of hydrogen-bond donors (Lipinski definition) is 2. The van der Waals surface area contributed by atoms with Crippen molar-refractivity contribution in [1.82, 2.24) is 5.32 Å². The molecule has 0 heterocycles. The molecule has 19 heavy (non-hydrogen) atoms. The number of nitrogens with one attached hydrogen (secondary N) is 1. The number of amides is 1. The van der Waals surface area contributed by atoms with Crippen molar-refractivity contribution in [2.24, 2.45) is 5.92 Å². The topological polar surface area (TPSA) is 66.4 Å². The zero-order valence-corrected chi connectivity index (χ0v) is 10.4. The second-order valence-electron chi connectivity index (χ2n) is 4.78. The predicted molar refractivity (Wildman–Crippen MR) is 66.9 cm³/mol. The van der Waals surface area contributed by atoms with Gasteiger partial charge in [0.2, 0.25) is 5.91 Å². The van der Waals surface area contributed by atoms with Crippen LogP contribution in [0.2, 0.25) is 0 Å². The van der Waals surface area contributed by atoms with Gasteiger partial charge in [0, 0.05) is 11.5 Å². The Morgan fingerprint density at radius 2 is 1.89 bits per heavy atom. The van der Waals surface area contributed by atoms with Crippen molar-refractivity contribution >= 4 is 11.9 Å². The molecule has 1 aromatic rings. The monoisotopic (exact) mass is 265 g/mol. The molecule has 1 aromatic carbocycles. The highest BCUT2D eigenvalue weighted by molar-refractivity contribution is 5.86. The fraction of sp³-hybridized carbons (Fsp3) is 0.429. The van der Waals surface area contributed by atoms with Crippen molar-refractivity contribution in [3.63, 3.8) is 0 Å². The molecule has 1 aliphatic carbocycles. The Balaban J connectivity index is 2.15. The maximum atomic E-state index is 13.6. The molecule has 5 heteroatoms. The zero-order chi connectivity index (χ0) is 13.8. The van der Waals surface area contributed by atoms with E-state index in [1.54, 1.807) is 6.07 Å². The first-order chi connectivity index (χ1) is 9.09. The molecule has 1 aliphatic rings. The molecule has 1 unspecified atom stereocenters. The van der Waals surface area contributed by atoms with E-state index in [1.165, 1.54) is 18.2 Å². The van der Waals surface area contributed by atoms with Crippen LogP contribution in [0.15, 0.2) is 24.3 Å². The summed E-state index contributed by atoms with van der Waals surface area (Å²) in [5.74, 6) is -2.32.